The van der Waals surface area contributed by atoms with Gasteiger partial charge in [0.1, 0.15) is 0 Å². The van der Waals surface area contributed by atoms with E-state index in [1.165, 1.54) is 0 Å². The minimum Gasteiger partial charge on any atom is -0.336 e. The molecule has 2 amide bonds. The minimum absolute atomic E-state index is 0.0155. The van der Waals surface area contributed by atoms with E-state index in [4.69, 9.17) is 0 Å². The quantitative estimate of drug-likeness (QED) is 0.885. The molecule has 0 radical (unpaired) electrons. The van der Waals surface area contributed by atoms with Crippen LogP contribution in [-0.2, 0) is 11.3 Å². The van der Waals surface area contributed by atoms with E-state index in [-0.39, 0.29) is 11.8 Å². The van der Waals surface area contributed by atoms with Gasteiger partial charge in [0.2, 0.25) is 5.91 Å². The number of nitrogens with one attached hydrogen (secondary N) is 1. The maximum Gasteiger partial charge on any atom is 0.253 e. The van der Waals surface area contributed by atoms with Crippen molar-refractivity contribution in [1.82, 2.24) is 14.8 Å². The minimum atomic E-state index is -0.454. The summed E-state index contributed by atoms with van der Waals surface area (Å²) >= 11 is 0. The Labute approximate surface area is 166 Å². The Morgan fingerprint density at radius 3 is 2.36 bits per heavy atom. The molecule has 1 aliphatic heterocycles. The van der Waals surface area contributed by atoms with Crippen LogP contribution in [0, 0.1) is 5.41 Å². The number of nitrogens with zero attached hydrogens (tertiary/aromatic N) is 3. The van der Waals surface area contributed by atoms with Gasteiger partial charge in [-0.25, -0.2) is 0 Å². The molecule has 6 nitrogen and oxygen atoms in total. The summed E-state index contributed by atoms with van der Waals surface area (Å²) in [7, 11) is 0. The molecule has 2 heterocycles. The van der Waals surface area contributed by atoms with Crippen LogP contribution in [0.4, 0.5) is 5.69 Å². The number of rotatable bonds is 4. The summed E-state index contributed by atoms with van der Waals surface area (Å²) in [6.07, 6.45) is 3.50. The van der Waals surface area contributed by atoms with Crippen LogP contribution in [0.15, 0.2) is 48.8 Å². The summed E-state index contributed by atoms with van der Waals surface area (Å²) in [5.74, 6) is 0.0676. The van der Waals surface area contributed by atoms with E-state index in [2.05, 4.69) is 15.2 Å². The van der Waals surface area contributed by atoms with E-state index >= 15 is 0 Å². The van der Waals surface area contributed by atoms with Crippen LogP contribution < -0.4 is 5.32 Å². The third-order valence-corrected chi connectivity index (χ3v) is 4.91. The molecule has 0 bridgehead atoms. The van der Waals surface area contributed by atoms with Gasteiger partial charge in [-0.2, -0.15) is 0 Å². The molecule has 1 N–H and O–H groups in total. The van der Waals surface area contributed by atoms with Gasteiger partial charge in [-0.05, 0) is 18.2 Å². The molecule has 1 aliphatic rings. The second-order valence-electron chi connectivity index (χ2n) is 8.17. The van der Waals surface area contributed by atoms with Crippen molar-refractivity contribution in [2.24, 2.45) is 5.41 Å². The van der Waals surface area contributed by atoms with Crippen molar-refractivity contribution < 1.29 is 9.59 Å². The monoisotopic (exact) mass is 380 g/mol. The molecule has 0 spiro atoms. The Kier molecular flexibility index (Phi) is 6.09. The fourth-order valence-corrected chi connectivity index (χ4v) is 3.10. The molecule has 1 aromatic heterocycles. The normalized spacial score (nSPS) is 15.3. The van der Waals surface area contributed by atoms with Crippen LogP contribution in [0.1, 0.15) is 36.7 Å². The molecule has 0 atom stereocenters. The lowest BCUT2D eigenvalue weighted by Gasteiger charge is -2.35. The SMILES string of the molecule is CC(C)(C)C(=O)Nc1ccncc1CN1CCN(C(=O)c2ccccc2)CC1. The first-order valence-electron chi connectivity index (χ1n) is 9.65. The lowest BCUT2D eigenvalue weighted by molar-refractivity contribution is -0.123. The summed E-state index contributed by atoms with van der Waals surface area (Å²) in [5.41, 5.74) is 2.07. The van der Waals surface area contributed by atoms with Gasteiger partial charge in [0.05, 0.1) is 0 Å². The average Bonchev–Trinajstić information content (AvgIpc) is 2.69. The van der Waals surface area contributed by atoms with Crippen LogP contribution in [0.3, 0.4) is 0 Å². The van der Waals surface area contributed by atoms with Gasteiger partial charge >= 0.3 is 0 Å². The lowest BCUT2D eigenvalue weighted by Crippen LogP contribution is -2.48. The Bertz CT molecular complexity index is 822. The molecule has 28 heavy (non-hydrogen) atoms. The van der Waals surface area contributed by atoms with Gasteiger partial charge in [0, 0.05) is 67.3 Å². The standard InChI is InChI=1S/C22H28N4O2/c1-22(2,3)21(28)24-19-9-10-23-15-18(19)16-25-11-13-26(14-12-25)20(27)17-7-5-4-6-8-17/h4-10,15H,11-14,16H2,1-3H3,(H,23,24,28). The van der Waals surface area contributed by atoms with E-state index in [0.717, 1.165) is 29.9 Å². The Balaban J connectivity index is 1.59. The van der Waals surface area contributed by atoms with Gasteiger partial charge < -0.3 is 10.2 Å². The van der Waals surface area contributed by atoms with Crippen molar-refractivity contribution in [2.45, 2.75) is 27.3 Å². The van der Waals surface area contributed by atoms with Gasteiger partial charge in [-0.15, -0.1) is 0 Å². The largest absolute Gasteiger partial charge is 0.336 e. The molecule has 2 aromatic rings. The van der Waals surface area contributed by atoms with Crippen molar-refractivity contribution in [3.05, 3.63) is 59.9 Å². The van der Waals surface area contributed by atoms with Crippen LogP contribution in [0.25, 0.3) is 0 Å². The Morgan fingerprint density at radius 1 is 1.04 bits per heavy atom. The molecule has 1 saturated heterocycles. The fourth-order valence-electron chi connectivity index (χ4n) is 3.10. The zero-order valence-electron chi connectivity index (χ0n) is 16.8. The molecule has 1 aromatic carbocycles. The molecule has 148 valence electrons. The van der Waals surface area contributed by atoms with Crippen LogP contribution >= 0.6 is 0 Å². The number of hydrogen-bond acceptors (Lipinski definition) is 4. The fraction of sp³-hybridized carbons (Fsp3) is 0.409. The summed E-state index contributed by atoms with van der Waals surface area (Å²) in [4.78, 5) is 33.3. The highest BCUT2D eigenvalue weighted by Crippen LogP contribution is 2.21. The van der Waals surface area contributed by atoms with Crippen molar-refractivity contribution in [3.8, 4) is 0 Å². The lowest BCUT2D eigenvalue weighted by atomic mass is 9.95. The number of carbonyl (C=O) groups excluding carboxylic acids is 2. The number of pyridine rings is 1. The highest BCUT2D eigenvalue weighted by molar-refractivity contribution is 5.95. The third-order valence-electron chi connectivity index (χ3n) is 4.91. The summed E-state index contributed by atoms with van der Waals surface area (Å²) in [6, 6.07) is 11.2. The molecule has 3 rings (SSSR count). The first-order valence-corrected chi connectivity index (χ1v) is 9.65. The third kappa shape index (κ3) is 4.95. The first-order chi connectivity index (χ1) is 13.3. The Morgan fingerprint density at radius 2 is 1.71 bits per heavy atom. The van der Waals surface area contributed by atoms with Crippen LogP contribution in [-0.4, -0.2) is 52.8 Å². The highest BCUT2D eigenvalue weighted by atomic mass is 16.2. The van der Waals surface area contributed by atoms with Gasteiger partial charge in [-0.3, -0.25) is 19.5 Å². The van der Waals surface area contributed by atoms with E-state index < -0.39 is 5.41 Å². The molecular formula is C22H28N4O2. The van der Waals surface area contributed by atoms with E-state index in [0.29, 0.717) is 19.6 Å². The van der Waals surface area contributed by atoms with Gasteiger partial charge in [-0.1, -0.05) is 39.0 Å². The molecule has 0 aliphatic carbocycles. The second-order valence-corrected chi connectivity index (χ2v) is 8.17. The number of aromatic nitrogens is 1. The van der Waals surface area contributed by atoms with E-state index in [9.17, 15) is 9.59 Å². The summed E-state index contributed by atoms with van der Waals surface area (Å²) in [5, 5.41) is 3.02. The predicted octanol–water partition coefficient (Wildman–Crippen LogP) is 3.02. The average molecular weight is 380 g/mol. The summed E-state index contributed by atoms with van der Waals surface area (Å²) < 4.78 is 0. The topological polar surface area (TPSA) is 65.5 Å². The van der Waals surface area contributed by atoms with Crippen LogP contribution in [0.2, 0.25) is 0 Å². The molecule has 0 unspecified atom stereocenters. The maximum absolute atomic E-state index is 12.6. The number of hydrogen-bond donors (Lipinski definition) is 1. The predicted molar refractivity (Wildman–Crippen MR) is 110 cm³/mol. The second kappa shape index (κ2) is 8.52. The number of benzene rings is 1. The van der Waals surface area contributed by atoms with Gasteiger partial charge in [0.25, 0.3) is 5.91 Å². The number of carbonyl (C=O) groups is 2. The molecule has 6 heteroatoms. The Hall–Kier alpha value is -2.73. The van der Waals surface area contributed by atoms with Crippen molar-refractivity contribution >= 4 is 17.5 Å². The van der Waals surface area contributed by atoms with Gasteiger partial charge in [0.15, 0.2) is 0 Å². The number of anilines is 1. The van der Waals surface area contributed by atoms with Crippen LogP contribution in [0.5, 0.6) is 0 Å². The number of piperazine rings is 1. The first kappa shape index (κ1) is 20.0. The molecule has 0 saturated carbocycles. The van der Waals surface area contributed by atoms with Crippen molar-refractivity contribution in [2.75, 3.05) is 31.5 Å². The van der Waals surface area contributed by atoms with Crippen molar-refractivity contribution in [1.29, 1.82) is 0 Å². The smallest absolute Gasteiger partial charge is 0.253 e. The molecule has 1 fully saturated rings. The van der Waals surface area contributed by atoms with Crippen molar-refractivity contribution in [3.63, 3.8) is 0 Å². The zero-order chi connectivity index (χ0) is 20.1. The van der Waals surface area contributed by atoms with E-state index in [1.54, 1.807) is 12.4 Å². The van der Waals surface area contributed by atoms with E-state index in [1.807, 2.05) is 62.1 Å². The summed E-state index contributed by atoms with van der Waals surface area (Å²) in [6.45, 7) is 9.35. The molecular weight excluding hydrogens is 352 g/mol. The maximum atomic E-state index is 12.6. The number of amides is 2. The zero-order valence-corrected chi connectivity index (χ0v) is 16.8. The highest BCUT2D eigenvalue weighted by Gasteiger charge is 2.24.